The third-order valence-electron chi connectivity index (χ3n) is 5.78. The quantitative estimate of drug-likeness (QED) is 0.576. The lowest BCUT2D eigenvalue weighted by molar-refractivity contribution is -0.116. The first kappa shape index (κ1) is 16.4. The summed E-state index contributed by atoms with van der Waals surface area (Å²) in [5.74, 6) is 2.01. The Kier molecular flexibility index (Phi) is 3.39. The number of rotatable bonds is 1. The second-order valence-corrected chi connectivity index (χ2v) is 8.58. The number of benzene rings is 2. The number of allylic oxidation sites excluding steroid dienone is 1. The molecule has 0 amide bonds. The van der Waals surface area contributed by atoms with Gasteiger partial charge in [0, 0.05) is 23.2 Å². The number of anilines is 1. The normalized spacial score (nSPS) is 21.0. The molecule has 0 saturated heterocycles. The lowest BCUT2D eigenvalue weighted by Gasteiger charge is -2.39. The van der Waals surface area contributed by atoms with Crippen molar-refractivity contribution >= 4 is 27.8 Å². The summed E-state index contributed by atoms with van der Waals surface area (Å²) >= 11 is 0. The zero-order valence-corrected chi connectivity index (χ0v) is 15.9. The number of carbonyl (C=O) groups excluding carboxylic acids is 1. The van der Waals surface area contributed by atoms with E-state index in [0.29, 0.717) is 6.42 Å². The molecule has 0 spiro atoms. The summed E-state index contributed by atoms with van der Waals surface area (Å²) in [6.07, 6.45) is 1.46. The third kappa shape index (κ3) is 2.53. The van der Waals surface area contributed by atoms with E-state index in [1.54, 1.807) is 0 Å². The van der Waals surface area contributed by atoms with Gasteiger partial charge in [0.15, 0.2) is 5.78 Å². The Balaban J connectivity index is 1.81. The van der Waals surface area contributed by atoms with Crippen molar-refractivity contribution in [3.63, 3.8) is 0 Å². The van der Waals surface area contributed by atoms with Crippen molar-refractivity contribution in [3.05, 3.63) is 71.2 Å². The second-order valence-electron chi connectivity index (χ2n) is 8.58. The Morgan fingerprint density at radius 3 is 2.63 bits per heavy atom. The molecule has 27 heavy (non-hydrogen) atoms. The summed E-state index contributed by atoms with van der Waals surface area (Å²) in [5, 5.41) is 5.97. The fraction of sp³-hybridized carbons (Fsp3) is 0.292. The highest BCUT2D eigenvalue weighted by atomic mass is 16.3. The van der Waals surface area contributed by atoms with Gasteiger partial charge in [0.1, 0.15) is 17.6 Å². The van der Waals surface area contributed by atoms with E-state index in [4.69, 9.17) is 4.42 Å². The van der Waals surface area contributed by atoms with E-state index in [0.717, 1.165) is 51.1 Å². The Bertz CT molecular complexity index is 1120. The van der Waals surface area contributed by atoms with Crippen molar-refractivity contribution < 1.29 is 9.21 Å². The SMILES string of the molecule is Cc1ccc([C@@H]2Nc3ccc4ccccc4c3C3=C2CC(C)(C)CC3=O)o1. The number of Topliss-reactive ketones (excluding diaryl/α,β-unsaturated/α-hetero) is 1. The van der Waals surface area contributed by atoms with E-state index in [9.17, 15) is 4.79 Å². The number of aryl methyl sites for hydroxylation is 1. The van der Waals surface area contributed by atoms with E-state index in [1.807, 2.05) is 31.2 Å². The maximum atomic E-state index is 13.3. The van der Waals surface area contributed by atoms with Crippen molar-refractivity contribution in [1.82, 2.24) is 0 Å². The lowest BCUT2D eigenvalue weighted by Crippen LogP contribution is -2.32. The summed E-state index contributed by atoms with van der Waals surface area (Å²) in [6.45, 7) is 6.31. The van der Waals surface area contributed by atoms with E-state index in [1.165, 1.54) is 0 Å². The van der Waals surface area contributed by atoms with Crippen LogP contribution in [0.25, 0.3) is 16.3 Å². The first-order valence-electron chi connectivity index (χ1n) is 9.54. The standard InChI is InChI=1S/C24H23NO2/c1-14-8-11-20(27-14)23-17-12-24(2,3)13-19(26)22(17)21-16-7-5-4-6-15(16)9-10-18(21)25-23/h4-11,23,25H,12-13H2,1-3H3/t23-/m1/s1. The third-order valence-corrected chi connectivity index (χ3v) is 5.78. The highest BCUT2D eigenvalue weighted by Crippen LogP contribution is 2.51. The summed E-state index contributed by atoms with van der Waals surface area (Å²) in [6, 6.07) is 16.4. The van der Waals surface area contributed by atoms with Crippen LogP contribution in [0, 0.1) is 12.3 Å². The predicted molar refractivity (Wildman–Crippen MR) is 109 cm³/mol. The topological polar surface area (TPSA) is 42.2 Å². The number of carbonyl (C=O) groups is 1. The van der Waals surface area contributed by atoms with Gasteiger partial charge in [0.2, 0.25) is 0 Å². The van der Waals surface area contributed by atoms with Crippen molar-refractivity contribution in [1.29, 1.82) is 0 Å². The van der Waals surface area contributed by atoms with E-state index < -0.39 is 0 Å². The molecule has 3 nitrogen and oxygen atoms in total. The molecule has 0 fully saturated rings. The van der Waals surface area contributed by atoms with Gasteiger partial charge in [-0.05, 0) is 53.3 Å². The Morgan fingerprint density at radius 1 is 1.04 bits per heavy atom. The molecular weight excluding hydrogens is 334 g/mol. The van der Waals surface area contributed by atoms with Crippen LogP contribution in [-0.4, -0.2) is 5.78 Å². The zero-order valence-electron chi connectivity index (χ0n) is 15.9. The van der Waals surface area contributed by atoms with Gasteiger partial charge in [-0.15, -0.1) is 0 Å². The highest BCUT2D eigenvalue weighted by Gasteiger charge is 2.41. The number of furan rings is 1. The summed E-state index contributed by atoms with van der Waals surface area (Å²) < 4.78 is 5.97. The molecular formula is C24H23NO2. The lowest BCUT2D eigenvalue weighted by atomic mass is 9.68. The van der Waals surface area contributed by atoms with Crippen LogP contribution in [0.4, 0.5) is 5.69 Å². The molecule has 1 N–H and O–H groups in total. The molecule has 1 atom stereocenters. The predicted octanol–water partition coefficient (Wildman–Crippen LogP) is 6.05. The van der Waals surface area contributed by atoms with Gasteiger partial charge < -0.3 is 9.73 Å². The monoisotopic (exact) mass is 357 g/mol. The van der Waals surface area contributed by atoms with Crippen LogP contribution in [-0.2, 0) is 4.79 Å². The van der Waals surface area contributed by atoms with Crippen LogP contribution in [0.15, 0.2) is 58.5 Å². The van der Waals surface area contributed by atoms with Crippen molar-refractivity contribution in [2.75, 3.05) is 5.32 Å². The molecule has 3 heteroatoms. The fourth-order valence-electron chi connectivity index (χ4n) is 4.67. The Labute approximate surface area is 159 Å². The number of ketones is 1. The molecule has 0 radical (unpaired) electrons. The first-order valence-corrected chi connectivity index (χ1v) is 9.54. The maximum Gasteiger partial charge on any atom is 0.164 e. The summed E-state index contributed by atoms with van der Waals surface area (Å²) in [5.41, 5.74) is 4.09. The van der Waals surface area contributed by atoms with Crippen LogP contribution in [0.5, 0.6) is 0 Å². The minimum Gasteiger partial charge on any atom is -0.464 e. The van der Waals surface area contributed by atoms with Gasteiger partial charge in [-0.2, -0.15) is 0 Å². The van der Waals surface area contributed by atoms with Crippen LogP contribution < -0.4 is 5.32 Å². The molecule has 3 aromatic rings. The van der Waals surface area contributed by atoms with Crippen LogP contribution in [0.1, 0.15) is 49.8 Å². The molecule has 0 bridgehead atoms. The highest BCUT2D eigenvalue weighted by molar-refractivity contribution is 6.28. The molecule has 2 aromatic carbocycles. The number of hydrogen-bond acceptors (Lipinski definition) is 3. The first-order chi connectivity index (χ1) is 12.9. The maximum absolute atomic E-state index is 13.3. The molecule has 1 aromatic heterocycles. The largest absolute Gasteiger partial charge is 0.464 e. The average Bonchev–Trinajstić information content (AvgIpc) is 3.05. The Hall–Kier alpha value is -2.81. The van der Waals surface area contributed by atoms with E-state index in [2.05, 4.69) is 43.4 Å². The minimum absolute atomic E-state index is 0.0421. The van der Waals surface area contributed by atoms with Crippen molar-refractivity contribution in [2.45, 2.75) is 39.7 Å². The molecule has 5 rings (SSSR count). The van der Waals surface area contributed by atoms with Gasteiger partial charge in [-0.25, -0.2) is 0 Å². The molecule has 1 aliphatic carbocycles. The van der Waals surface area contributed by atoms with E-state index >= 15 is 0 Å². The number of fused-ring (bicyclic) bond motifs is 4. The van der Waals surface area contributed by atoms with Crippen molar-refractivity contribution in [3.8, 4) is 0 Å². The molecule has 136 valence electrons. The van der Waals surface area contributed by atoms with Gasteiger partial charge in [0.25, 0.3) is 0 Å². The molecule has 2 aliphatic rings. The second kappa shape index (κ2) is 5.59. The van der Waals surface area contributed by atoms with E-state index in [-0.39, 0.29) is 17.2 Å². The van der Waals surface area contributed by atoms with Gasteiger partial charge in [-0.3, -0.25) is 4.79 Å². The van der Waals surface area contributed by atoms with Crippen LogP contribution in [0.3, 0.4) is 0 Å². The van der Waals surface area contributed by atoms with Crippen LogP contribution in [0.2, 0.25) is 0 Å². The number of hydrogen-bond donors (Lipinski definition) is 1. The minimum atomic E-state index is -0.0918. The molecule has 0 unspecified atom stereocenters. The van der Waals surface area contributed by atoms with Gasteiger partial charge in [-0.1, -0.05) is 44.2 Å². The summed E-state index contributed by atoms with van der Waals surface area (Å²) in [7, 11) is 0. The van der Waals surface area contributed by atoms with Gasteiger partial charge in [0.05, 0.1) is 0 Å². The molecule has 2 heterocycles. The number of nitrogens with one attached hydrogen (secondary N) is 1. The molecule has 0 saturated carbocycles. The smallest absolute Gasteiger partial charge is 0.164 e. The van der Waals surface area contributed by atoms with Crippen molar-refractivity contribution in [2.24, 2.45) is 5.41 Å². The fourth-order valence-corrected chi connectivity index (χ4v) is 4.67. The van der Waals surface area contributed by atoms with Gasteiger partial charge >= 0.3 is 0 Å². The summed E-state index contributed by atoms with van der Waals surface area (Å²) in [4.78, 5) is 13.3. The average molecular weight is 357 g/mol. The van der Waals surface area contributed by atoms with Crippen LogP contribution >= 0.6 is 0 Å². The zero-order chi connectivity index (χ0) is 18.8. The Morgan fingerprint density at radius 2 is 1.85 bits per heavy atom. The molecule has 1 aliphatic heterocycles.